The van der Waals surface area contributed by atoms with E-state index in [2.05, 4.69) is 22.3 Å². The number of para-hydroxylation sites is 3. The van der Waals surface area contributed by atoms with Crippen LogP contribution in [0.15, 0.2) is 48.5 Å². The number of anilines is 2. The van der Waals surface area contributed by atoms with E-state index in [1.54, 1.807) is 0 Å². The fourth-order valence-corrected chi connectivity index (χ4v) is 2.98. The maximum atomic E-state index is 12.5. The molecule has 132 valence electrons. The zero-order chi connectivity index (χ0) is 17.5. The molecule has 0 bridgehead atoms. The van der Waals surface area contributed by atoms with Crippen molar-refractivity contribution in [2.24, 2.45) is 0 Å². The number of nitrogens with zero attached hydrogens (tertiary/aromatic N) is 1. The van der Waals surface area contributed by atoms with Crippen LogP contribution in [0.2, 0.25) is 0 Å². The Bertz CT molecular complexity index is 718. The lowest BCUT2D eigenvalue weighted by Crippen LogP contribution is -2.32. The highest BCUT2D eigenvalue weighted by atomic mass is 16.5. The second-order valence-corrected chi connectivity index (χ2v) is 5.89. The summed E-state index contributed by atoms with van der Waals surface area (Å²) in [6, 6.07) is 15.7. The Morgan fingerprint density at radius 1 is 1.12 bits per heavy atom. The van der Waals surface area contributed by atoms with Gasteiger partial charge >= 0.3 is 0 Å². The SMILES string of the molecule is CCOCCOc1ccccc1NC(=O)CN1CCc2ccccc21. The Balaban J connectivity index is 1.58. The van der Waals surface area contributed by atoms with Gasteiger partial charge in [-0.2, -0.15) is 0 Å². The molecule has 0 aliphatic carbocycles. The molecular formula is C20H24N2O3. The lowest BCUT2D eigenvalue weighted by molar-refractivity contribution is -0.115. The van der Waals surface area contributed by atoms with Gasteiger partial charge < -0.3 is 19.7 Å². The number of carbonyl (C=O) groups is 1. The van der Waals surface area contributed by atoms with E-state index in [1.807, 2.05) is 43.3 Å². The van der Waals surface area contributed by atoms with Crippen molar-refractivity contribution in [2.75, 3.05) is 43.1 Å². The molecule has 0 saturated carbocycles. The van der Waals surface area contributed by atoms with Crippen molar-refractivity contribution in [3.63, 3.8) is 0 Å². The summed E-state index contributed by atoms with van der Waals surface area (Å²) in [4.78, 5) is 14.6. The monoisotopic (exact) mass is 340 g/mol. The van der Waals surface area contributed by atoms with E-state index in [-0.39, 0.29) is 5.91 Å². The van der Waals surface area contributed by atoms with E-state index in [4.69, 9.17) is 9.47 Å². The molecule has 0 fully saturated rings. The quantitative estimate of drug-likeness (QED) is 0.750. The molecule has 0 spiro atoms. The number of carbonyl (C=O) groups excluding carboxylic acids is 1. The summed E-state index contributed by atoms with van der Waals surface area (Å²) in [5, 5.41) is 2.96. The number of hydrogen-bond donors (Lipinski definition) is 1. The van der Waals surface area contributed by atoms with Gasteiger partial charge in [-0.1, -0.05) is 30.3 Å². The maximum absolute atomic E-state index is 12.5. The minimum atomic E-state index is -0.0439. The van der Waals surface area contributed by atoms with E-state index in [0.717, 1.165) is 18.7 Å². The van der Waals surface area contributed by atoms with Crippen molar-refractivity contribution in [2.45, 2.75) is 13.3 Å². The number of hydrogen-bond acceptors (Lipinski definition) is 4. The zero-order valence-corrected chi connectivity index (χ0v) is 14.5. The first-order chi connectivity index (χ1) is 12.3. The first kappa shape index (κ1) is 17.3. The molecule has 0 radical (unpaired) electrons. The second-order valence-electron chi connectivity index (χ2n) is 5.89. The number of ether oxygens (including phenoxy) is 2. The smallest absolute Gasteiger partial charge is 0.243 e. The van der Waals surface area contributed by atoms with Crippen molar-refractivity contribution in [1.82, 2.24) is 0 Å². The summed E-state index contributed by atoms with van der Waals surface area (Å²) >= 11 is 0. The van der Waals surface area contributed by atoms with Crippen LogP contribution in [0.5, 0.6) is 5.75 Å². The zero-order valence-electron chi connectivity index (χ0n) is 14.5. The standard InChI is InChI=1S/C20H24N2O3/c1-2-24-13-14-25-19-10-6-4-8-17(19)21-20(23)15-22-12-11-16-7-3-5-9-18(16)22/h3-10H,2,11-15H2,1H3,(H,21,23). The molecular weight excluding hydrogens is 316 g/mol. The second kappa shape index (κ2) is 8.53. The van der Waals surface area contributed by atoms with Crippen molar-refractivity contribution < 1.29 is 14.3 Å². The van der Waals surface area contributed by atoms with Gasteiger partial charge in [-0.05, 0) is 37.1 Å². The number of rotatable bonds is 8. The third kappa shape index (κ3) is 4.51. The maximum Gasteiger partial charge on any atom is 0.243 e. The Morgan fingerprint density at radius 2 is 1.92 bits per heavy atom. The third-order valence-corrected chi connectivity index (χ3v) is 4.17. The Kier molecular flexibility index (Phi) is 5.90. The minimum Gasteiger partial charge on any atom is -0.489 e. The van der Waals surface area contributed by atoms with Gasteiger partial charge in [0.05, 0.1) is 18.8 Å². The lowest BCUT2D eigenvalue weighted by Gasteiger charge is -2.19. The van der Waals surface area contributed by atoms with Gasteiger partial charge in [0.1, 0.15) is 12.4 Å². The molecule has 3 rings (SSSR count). The number of amides is 1. The van der Waals surface area contributed by atoms with E-state index in [9.17, 15) is 4.79 Å². The Labute approximate surface area is 148 Å². The van der Waals surface area contributed by atoms with Crippen molar-refractivity contribution in [1.29, 1.82) is 0 Å². The first-order valence-electron chi connectivity index (χ1n) is 8.70. The number of fused-ring (bicyclic) bond motifs is 1. The summed E-state index contributed by atoms with van der Waals surface area (Å²) in [6.07, 6.45) is 0.987. The van der Waals surface area contributed by atoms with Crippen molar-refractivity contribution >= 4 is 17.3 Å². The van der Waals surface area contributed by atoms with Gasteiger partial charge in [0.2, 0.25) is 5.91 Å². The van der Waals surface area contributed by atoms with Crippen LogP contribution in [0.1, 0.15) is 12.5 Å². The first-order valence-corrected chi connectivity index (χ1v) is 8.70. The van der Waals surface area contributed by atoms with E-state index in [1.165, 1.54) is 5.56 Å². The molecule has 1 amide bonds. The topological polar surface area (TPSA) is 50.8 Å². The summed E-state index contributed by atoms with van der Waals surface area (Å²) in [6.45, 7) is 4.82. The van der Waals surface area contributed by atoms with Crippen LogP contribution in [0.25, 0.3) is 0 Å². The van der Waals surface area contributed by atoms with Crippen LogP contribution in [0.4, 0.5) is 11.4 Å². The highest BCUT2D eigenvalue weighted by Crippen LogP contribution is 2.28. The van der Waals surface area contributed by atoms with E-state index in [0.29, 0.717) is 37.8 Å². The van der Waals surface area contributed by atoms with Gasteiger partial charge in [0, 0.05) is 18.8 Å². The predicted octanol–water partition coefficient (Wildman–Crippen LogP) is 3.10. The molecule has 0 saturated heterocycles. The normalized spacial score (nSPS) is 12.8. The van der Waals surface area contributed by atoms with Crippen LogP contribution < -0.4 is 15.0 Å². The number of nitrogens with one attached hydrogen (secondary N) is 1. The van der Waals surface area contributed by atoms with Crippen molar-refractivity contribution in [3.8, 4) is 5.75 Å². The Hall–Kier alpha value is -2.53. The Morgan fingerprint density at radius 3 is 2.80 bits per heavy atom. The van der Waals surface area contributed by atoms with Gasteiger partial charge in [0.25, 0.3) is 0 Å². The molecule has 1 aliphatic heterocycles. The van der Waals surface area contributed by atoms with Crippen LogP contribution in [0.3, 0.4) is 0 Å². The average molecular weight is 340 g/mol. The third-order valence-electron chi connectivity index (χ3n) is 4.17. The summed E-state index contributed by atoms with van der Waals surface area (Å²) in [5.74, 6) is 0.620. The van der Waals surface area contributed by atoms with E-state index >= 15 is 0 Å². The summed E-state index contributed by atoms with van der Waals surface area (Å²) in [7, 11) is 0. The van der Waals surface area contributed by atoms with Gasteiger partial charge in [-0.15, -0.1) is 0 Å². The average Bonchev–Trinajstić information content (AvgIpc) is 3.03. The molecule has 0 atom stereocenters. The van der Waals surface area contributed by atoms with Gasteiger partial charge in [-0.3, -0.25) is 4.79 Å². The molecule has 5 heteroatoms. The molecule has 25 heavy (non-hydrogen) atoms. The minimum absolute atomic E-state index is 0.0439. The summed E-state index contributed by atoms with van der Waals surface area (Å²) in [5.41, 5.74) is 3.14. The molecule has 1 heterocycles. The van der Waals surface area contributed by atoms with Crippen LogP contribution in [-0.2, 0) is 16.0 Å². The summed E-state index contributed by atoms with van der Waals surface area (Å²) < 4.78 is 11.0. The van der Waals surface area contributed by atoms with Crippen molar-refractivity contribution in [3.05, 3.63) is 54.1 Å². The molecule has 2 aromatic carbocycles. The lowest BCUT2D eigenvalue weighted by atomic mass is 10.2. The van der Waals surface area contributed by atoms with E-state index < -0.39 is 0 Å². The highest BCUT2D eigenvalue weighted by molar-refractivity contribution is 5.95. The highest BCUT2D eigenvalue weighted by Gasteiger charge is 2.20. The molecule has 5 nitrogen and oxygen atoms in total. The molecule has 0 aromatic heterocycles. The predicted molar refractivity (Wildman–Crippen MR) is 99.4 cm³/mol. The molecule has 1 aliphatic rings. The van der Waals surface area contributed by atoms with Crippen LogP contribution in [-0.4, -0.2) is 38.8 Å². The van der Waals surface area contributed by atoms with Crippen LogP contribution >= 0.6 is 0 Å². The largest absolute Gasteiger partial charge is 0.489 e. The molecule has 1 N–H and O–H groups in total. The fraction of sp³-hybridized carbons (Fsp3) is 0.350. The molecule has 2 aromatic rings. The van der Waals surface area contributed by atoms with Gasteiger partial charge in [-0.25, -0.2) is 0 Å². The number of benzene rings is 2. The fourth-order valence-electron chi connectivity index (χ4n) is 2.98. The van der Waals surface area contributed by atoms with Gasteiger partial charge in [0.15, 0.2) is 0 Å². The van der Waals surface area contributed by atoms with Crippen LogP contribution in [0, 0.1) is 0 Å². The molecule has 0 unspecified atom stereocenters.